The lowest BCUT2D eigenvalue weighted by atomic mass is 9.99. The summed E-state index contributed by atoms with van der Waals surface area (Å²) in [6, 6.07) is 17.8. The van der Waals surface area contributed by atoms with Crippen LogP contribution in [0.2, 0.25) is 0 Å². The Bertz CT molecular complexity index is 624. The van der Waals surface area contributed by atoms with Crippen LogP contribution in [0.4, 0.5) is 0 Å². The first kappa shape index (κ1) is 19.7. The molecule has 0 amide bonds. The zero-order chi connectivity index (χ0) is 18.8. The van der Waals surface area contributed by atoms with Crippen molar-refractivity contribution < 1.29 is 19.1 Å². The largest absolute Gasteiger partial charge is 0.462 e. The molecule has 0 aromatic heterocycles. The van der Waals surface area contributed by atoms with E-state index in [1.165, 1.54) is 0 Å². The van der Waals surface area contributed by atoms with Gasteiger partial charge in [-0.3, -0.25) is 0 Å². The van der Waals surface area contributed by atoms with Gasteiger partial charge in [-0.05, 0) is 36.6 Å². The molecule has 0 bridgehead atoms. The molecule has 2 aromatic carbocycles. The van der Waals surface area contributed by atoms with Crippen LogP contribution >= 0.6 is 0 Å². The van der Waals surface area contributed by atoms with Gasteiger partial charge in [-0.25, -0.2) is 9.59 Å². The molecule has 2 aromatic rings. The van der Waals surface area contributed by atoms with Crippen molar-refractivity contribution in [2.24, 2.45) is 11.8 Å². The SMILES string of the molecule is CC(C)CCC(COC(=O)c1ccccc1)COC(=O)c1ccccc1. The monoisotopic (exact) mass is 354 g/mol. The van der Waals surface area contributed by atoms with Gasteiger partial charge >= 0.3 is 11.9 Å². The van der Waals surface area contributed by atoms with Crippen LogP contribution in [0.3, 0.4) is 0 Å². The van der Waals surface area contributed by atoms with Crippen molar-refractivity contribution in [2.75, 3.05) is 13.2 Å². The second-order valence-corrected chi connectivity index (χ2v) is 6.77. The van der Waals surface area contributed by atoms with Gasteiger partial charge < -0.3 is 9.47 Å². The van der Waals surface area contributed by atoms with Crippen molar-refractivity contribution >= 4 is 11.9 Å². The van der Waals surface area contributed by atoms with Crippen LogP contribution < -0.4 is 0 Å². The van der Waals surface area contributed by atoms with Crippen molar-refractivity contribution in [2.45, 2.75) is 26.7 Å². The smallest absolute Gasteiger partial charge is 0.338 e. The minimum atomic E-state index is -0.352. The van der Waals surface area contributed by atoms with Crippen molar-refractivity contribution in [1.29, 1.82) is 0 Å². The first-order valence-electron chi connectivity index (χ1n) is 9.00. The molecule has 4 heteroatoms. The van der Waals surface area contributed by atoms with Gasteiger partial charge in [-0.2, -0.15) is 0 Å². The highest BCUT2D eigenvalue weighted by Crippen LogP contribution is 2.15. The summed E-state index contributed by atoms with van der Waals surface area (Å²) in [6.07, 6.45) is 1.82. The molecule has 0 radical (unpaired) electrons. The Morgan fingerprint density at radius 2 is 1.15 bits per heavy atom. The Balaban J connectivity index is 1.88. The summed E-state index contributed by atoms with van der Waals surface area (Å²) in [5, 5.41) is 0. The predicted molar refractivity (Wildman–Crippen MR) is 101 cm³/mol. The fourth-order valence-electron chi connectivity index (χ4n) is 2.49. The number of hydrogen-bond donors (Lipinski definition) is 0. The van der Waals surface area contributed by atoms with E-state index < -0.39 is 0 Å². The number of hydrogen-bond acceptors (Lipinski definition) is 4. The van der Waals surface area contributed by atoms with Gasteiger partial charge in [0.15, 0.2) is 0 Å². The molecule has 0 aliphatic carbocycles. The summed E-state index contributed by atoms with van der Waals surface area (Å²) in [4.78, 5) is 24.2. The molecule has 0 spiro atoms. The summed E-state index contributed by atoms with van der Waals surface area (Å²) in [5.41, 5.74) is 1.05. The van der Waals surface area contributed by atoms with Crippen molar-refractivity contribution in [3.63, 3.8) is 0 Å². The number of ether oxygens (including phenoxy) is 2. The molecular weight excluding hydrogens is 328 g/mol. The molecule has 0 saturated carbocycles. The molecule has 0 heterocycles. The van der Waals surface area contributed by atoms with Crippen LogP contribution in [0.15, 0.2) is 60.7 Å². The third kappa shape index (κ3) is 6.71. The summed E-state index contributed by atoms with van der Waals surface area (Å²) in [5.74, 6) is -0.186. The number of carbonyl (C=O) groups excluding carboxylic acids is 2. The van der Waals surface area contributed by atoms with E-state index in [-0.39, 0.29) is 31.1 Å². The van der Waals surface area contributed by atoms with Crippen LogP contribution in [0, 0.1) is 11.8 Å². The molecule has 4 nitrogen and oxygen atoms in total. The van der Waals surface area contributed by atoms with Gasteiger partial charge in [0, 0.05) is 5.92 Å². The highest BCUT2D eigenvalue weighted by atomic mass is 16.5. The molecule has 0 N–H and O–H groups in total. The van der Waals surface area contributed by atoms with E-state index in [1.807, 2.05) is 12.1 Å². The van der Waals surface area contributed by atoms with Gasteiger partial charge in [0.1, 0.15) is 0 Å². The number of rotatable bonds is 9. The molecule has 0 aliphatic rings. The van der Waals surface area contributed by atoms with Gasteiger partial charge in [0.05, 0.1) is 24.3 Å². The minimum Gasteiger partial charge on any atom is -0.462 e. The lowest BCUT2D eigenvalue weighted by molar-refractivity contribution is 0.0240. The summed E-state index contributed by atoms with van der Waals surface area (Å²) >= 11 is 0. The van der Waals surface area contributed by atoms with E-state index in [1.54, 1.807) is 48.5 Å². The predicted octanol–water partition coefficient (Wildman–Crippen LogP) is 4.75. The lowest BCUT2D eigenvalue weighted by Gasteiger charge is -2.18. The number of carbonyl (C=O) groups is 2. The van der Waals surface area contributed by atoms with E-state index in [0.717, 1.165) is 12.8 Å². The molecule has 2 rings (SSSR count). The lowest BCUT2D eigenvalue weighted by Crippen LogP contribution is -2.21. The normalized spacial score (nSPS) is 10.8. The van der Waals surface area contributed by atoms with Crippen molar-refractivity contribution in [3.05, 3.63) is 71.8 Å². The minimum absolute atomic E-state index is 0.0160. The molecule has 0 saturated heterocycles. The average molecular weight is 354 g/mol. The van der Waals surface area contributed by atoms with Gasteiger partial charge in [-0.1, -0.05) is 56.7 Å². The maximum absolute atomic E-state index is 12.1. The first-order valence-corrected chi connectivity index (χ1v) is 9.00. The third-order valence-electron chi connectivity index (χ3n) is 4.07. The van der Waals surface area contributed by atoms with E-state index in [4.69, 9.17) is 9.47 Å². The third-order valence-corrected chi connectivity index (χ3v) is 4.07. The van der Waals surface area contributed by atoms with E-state index in [0.29, 0.717) is 17.0 Å². The molecule has 26 heavy (non-hydrogen) atoms. The molecule has 0 unspecified atom stereocenters. The van der Waals surface area contributed by atoms with Crippen LogP contribution in [-0.4, -0.2) is 25.2 Å². The average Bonchev–Trinajstić information content (AvgIpc) is 2.68. The fraction of sp³-hybridized carbons (Fsp3) is 0.364. The topological polar surface area (TPSA) is 52.6 Å². The first-order chi connectivity index (χ1) is 12.6. The second-order valence-electron chi connectivity index (χ2n) is 6.77. The van der Waals surface area contributed by atoms with Gasteiger partial charge in [-0.15, -0.1) is 0 Å². The van der Waals surface area contributed by atoms with Crippen LogP contribution in [0.5, 0.6) is 0 Å². The Labute approximate surface area is 155 Å². The van der Waals surface area contributed by atoms with E-state index in [2.05, 4.69) is 13.8 Å². The molecule has 0 aliphatic heterocycles. The Hall–Kier alpha value is -2.62. The number of benzene rings is 2. The van der Waals surface area contributed by atoms with Crippen molar-refractivity contribution in [1.82, 2.24) is 0 Å². The van der Waals surface area contributed by atoms with Gasteiger partial charge in [0.2, 0.25) is 0 Å². The maximum atomic E-state index is 12.1. The van der Waals surface area contributed by atoms with Crippen LogP contribution in [0.1, 0.15) is 47.4 Å². The Morgan fingerprint density at radius 1 is 0.731 bits per heavy atom. The molecular formula is C22H26O4. The quantitative estimate of drug-likeness (QED) is 0.610. The van der Waals surface area contributed by atoms with Crippen LogP contribution in [0.25, 0.3) is 0 Å². The van der Waals surface area contributed by atoms with E-state index in [9.17, 15) is 9.59 Å². The van der Waals surface area contributed by atoms with E-state index >= 15 is 0 Å². The van der Waals surface area contributed by atoms with Crippen LogP contribution in [-0.2, 0) is 9.47 Å². The maximum Gasteiger partial charge on any atom is 0.338 e. The standard InChI is InChI=1S/C22H26O4/c1-17(2)13-14-18(15-25-21(23)19-9-5-3-6-10-19)16-26-22(24)20-11-7-4-8-12-20/h3-12,17-18H,13-16H2,1-2H3. The summed E-state index contributed by atoms with van der Waals surface area (Å²) < 4.78 is 10.9. The van der Waals surface area contributed by atoms with Gasteiger partial charge in [0.25, 0.3) is 0 Å². The highest BCUT2D eigenvalue weighted by molar-refractivity contribution is 5.89. The zero-order valence-electron chi connectivity index (χ0n) is 15.4. The molecule has 138 valence electrons. The van der Waals surface area contributed by atoms with Crippen molar-refractivity contribution in [3.8, 4) is 0 Å². The Kier molecular flexibility index (Phi) is 7.87. The summed E-state index contributed by atoms with van der Waals surface area (Å²) in [7, 11) is 0. The highest BCUT2D eigenvalue weighted by Gasteiger charge is 2.17. The molecule has 0 fully saturated rings. The zero-order valence-corrected chi connectivity index (χ0v) is 15.4. The fourth-order valence-corrected chi connectivity index (χ4v) is 2.49. The number of esters is 2. The molecule has 0 atom stereocenters. The summed E-state index contributed by atoms with van der Waals surface area (Å²) in [6.45, 7) is 4.76. The Morgan fingerprint density at radius 3 is 1.54 bits per heavy atom. The second kappa shape index (κ2) is 10.4.